The van der Waals surface area contributed by atoms with Crippen molar-refractivity contribution in [1.82, 2.24) is 4.98 Å². The molecule has 110 valence electrons. The van der Waals surface area contributed by atoms with Crippen LogP contribution in [0.1, 0.15) is 0 Å². The summed E-state index contributed by atoms with van der Waals surface area (Å²) in [6.07, 6.45) is 5.38. The fourth-order valence-electron chi connectivity index (χ4n) is 2.68. The van der Waals surface area contributed by atoms with Crippen LogP contribution in [0.25, 0.3) is 33.6 Å². The van der Waals surface area contributed by atoms with E-state index in [-0.39, 0.29) is 0 Å². The summed E-state index contributed by atoms with van der Waals surface area (Å²) >= 11 is 0. The molecular weight excluding hydrogens is 282 g/mol. The average Bonchev–Trinajstić information content (AvgIpc) is 3.17. The number of pyridine rings is 1. The van der Waals surface area contributed by atoms with E-state index in [0.717, 1.165) is 16.9 Å². The topological polar surface area (TPSA) is 26.0 Å². The first kappa shape index (κ1) is 13.5. The van der Waals surface area contributed by atoms with Gasteiger partial charge in [0.1, 0.15) is 5.76 Å². The van der Waals surface area contributed by atoms with Gasteiger partial charge in [-0.05, 0) is 41.0 Å². The molecule has 2 aromatic carbocycles. The minimum Gasteiger partial charge on any atom is -0.464 e. The third-order valence-corrected chi connectivity index (χ3v) is 3.88. The van der Waals surface area contributed by atoms with E-state index in [2.05, 4.69) is 59.6 Å². The molecule has 0 atom stereocenters. The maximum atomic E-state index is 5.44. The Bertz CT molecular complexity index is 894. The first-order valence-electron chi connectivity index (χ1n) is 7.55. The molecule has 0 aliphatic carbocycles. The van der Waals surface area contributed by atoms with Gasteiger partial charge in [-0.3, -0.25) is 4.98 Å². The van der Waals surface area contributed by atoms with Crippen molar-refractivity contribution in [2.45, 2.75) is 0 Å². The second-order valence-corrected chi connectivity index (χ2v) is 5.38. The largest absolute Gasteiger partial charge is 0.464 e. The lowest BCUT2D eigenvalue weighted by Gasteiger charge is -2.06. The van der Waals surface area contributed by atoms with Crippen LogP contribution in [0.3, 0.4) is 0 Å². The Hall–Kier alpha value is -3.13. The fraction of sp³-hybridized carbons (Fsp3) is 0. The number of furan rings is 1. The Morgan fingerprint density at radius 2 is 1.35 bits per heavy atom. The lowest BCUT2D eigenvalue weighted by atomic mass is 9.99. The van der Waals surface area contributed by atoms with Crippen molar-refractivity contribution in [3.63, 3.8) is 0 Å². The Kier molecular flexibility index (Phi) is 3.49. The van der Waals surface area contributed by atoms with Crippen molar-refractivity contribution in [2.75, 3.05) is 0 Å². The summed E-state index contributed by atoms with van der Waals surface area (Å²) < 4.78 is 5.44. The molecule has 0 aliphatic rings. The minimum absolute atomic E-state index is 0.890. The summed E-state index contributed by atoms with van der Waals surface area (Å²) in [6.45, 7) is 0. The lowest BCUT2D eigenvalue weighted by Crippen LogP contribution is -1.82. The van der Waals surface area contributed by atoms with Gasteiger partial charge in [0.2, 0.25) is 0 Å². The van der Waals surface area contributed by atoms with Crippen molar-refractivity contribution in [2.24, 2.45) is 0 Å². The van der Waals surface area contributed by atoms with E-state index >= 15 is 0 Å². The van der Waals surface area contributed by atoms with Crippen LogP contribution in [-0.2, 0) is 0 Å². The molecule has 0 aliphatic heterocycles. The van der Waals surface area contributed by atoms with Crippen LogP contribution in [0, 0.1) is 0 Å². The molecule has 0 unspecified atom stereocenters. The van der Waals surface area contributed by atoms with Crippen LogP contribution in [-0.4, -0.2) is 4.98 Å². The molecule has 2 heteroatoms. The smallest absolute Gasteiger partial charge is 0.133 e. The molecule has 2 nitrogen and oxygen atoms in total. The molecule has 4 aromatic rings. The van der Waals surface area contributed by atoms with Gasteiger partial charge in [0.15, 0.2) is 0 Å². The summed E-state index contributed by atoms with van der Waals surface area (Å²) in [5.74, 6) is 0.890. The van der Waals surface area contributed by atoms with Crippen LogP contribution in [0.15, 0.2) is 95.9 Å². The van der Waals surface area contributed by atoms with Crippen LogP contribution in [0.2, 0.25) is 0 Å². The molecule has 0 saturated heterocycles. The van der Waals surface area contributed by atoms with Crippen molar-refractivity contribution >= 4 is 0 Å². The molecule has 0 fully saturated rings. The van der Waals surface area contributed by atoms with Crippen molar-refractivity contribution in [3.05, 3.63) is 91.5 Å². The summed E-state index contributed by atoms with van der Waals surface area (Å²) in [5.41, 5.74) is 5.76. The molecule has 0 saturated carbocycles. The summed E-state index contributed by atoms with van der Waals surface area (Å²) in [4.78, 5) is 4.19. The highest BCUT2D eigenvalue weighted by molar-refractivity contribution is 5.74. The standard InChI is InChI=1S/C21H15NO/c1-4-18(14-19(5-1)20-6-2-12-22-15-20)16-8-10-17(11-9-16)21-7-3-13-23-21/h1-15H. The second kappa shape index (κ2) is 5.93. The van der Waals surface area contributed by atoms with Crippen LogP contribution < -0.4 is 0 Å². The van der Waals surface area contributed by atoms with Gasteiger partial charge in [0.25, 0.3) is 0 Å². The predicted molar refractivity (Wildman–Crippen MR) is 92.8 cm³/mol. The monoisotopic (exact) mass is 297 g/mol. The second-order valence-electron chi connectivity index (χ2n) is 5.38. The number of aromatic nitrogens is 1. The van der Waals surface area contributed by atoms with Gasteiger partial charge in [-0.25, -0.2) is 0 Å². The van der Waals surface area contributed by atoms with Crippen molar-refractivity contribution in [1.29, 1.82) is 0 Å². The SMILES string of the molecule is c1cncc(-c2cccc(-c3ccc(-c4ccco4)cc3)c2)c1. The van der Waals surface area contributed by atoms with E-state index in [1.165, 1.54) is 16.7 Å². The molecule has 2 heterocycles. The summed E-state index contributed by atoms with van der Waals surface area (Å²) in [7, 11) is 0. The number of rotatable bonds is 3. The third kappa shape index (κ3) is 2.79. The van der Waals surface area contributed by atoms with Crippen molar-refractivity contribution in [3.8, 4) is 33.6 Å². The van der Waals surface area contributed by atoms with E-state index < -0.39 is 0 Å². The lowest BCUT2D eigenvalue weighted by molar-refractivity contribution is 0.582. The van der Waals surface area contributed by atoms with E-state index in [1.54, 1.807) is 12.5 Å². The zero-order valence-corrected chi connectivity index (χ0v) is 12.5. The molecule has 4 rings (SSSR count). The Labute approximate surface area is 135 Å². The average molecular weight is 297 g/mol. The molecule has 0 amide bonds. The van der Waals surface area contributed by atoms with Gasteiger partial charge in [-0.2, -0.15) is 0 Å². The van der Waals surface area contributed by atoms with Gasteiger partial charge >= 0.3 is 0 Å². The van der Waals surface area contributed by atoms with Crippen molar-refractivity contribution < 1.29 is 4.42 Å². The van der Waals surface area contributed by atoms with E-state index in [4.69, 9.17) is 4.42 Å². The van der Waals surface area contributed by atoms with Gasteiger partial charge in [0.05, 0.1) is 6.26 Å². The highest BCUT2D eigenvalue weighted by Gasteiger charge is 2.04. The summed E-state index contributed by atoms with van der Waals surface area (Å²) in [5, 5.41) is 0. The molecule has 0 radical (unpaired) electrons. The zero-order chi connectivity index (χ0) is 15.5. The van der Waals surface area contributed by atoms with Gasteiger partial charge < -0.3 is 4.42 Å². The molecule has 0 bridgehead atoms. The minimum atomic E-state index is 0.890. The Balaban J connectivity index is 1.68. The number of benzene rings is 2. The molecule has 0 N–H and O–H groups in total. The van der Waals surface area contributed by atoms with Crippen LogP contribution in [0.5, 0.6) is 0 Å². The number of hydrogen-bond acceptors (Lipinski definition) is 2. The Morgan fingerprint density at radius 3 is 2.04 bits per heavy atom. The van der Waals surface area contributed by atoms with Gasteiger partial charge in [-0.1, -0.05) is 48.5 Å². The predicted octanol–water partition coefficient (Wildman–Crippen LogP) is 5.68. The molecular formula is C21H15NO. The quantitative estimate of drug-likeness (QED) is 0.486. The van der Waals surface area contributed by atoms with Crippen LogP contribution in [0.4, 0.5) is 0 Å². The van der Waals surface area contributed by atoms with Gasteiger partial charge in [-0.15, -0.1) is 0 Å². The van der Waals surface area contributed by atoms with E-state index in [9.17, 15) is 0 Å². The highest BCUT2D eigenvalue weighted by atomic mass is 16.3. The maximum Gasteiger partial charge on any atom is 0.133 e. The zero-order valence-electron chi connectivity index (χ0n) is 12.5. The highest BCUT2D eigenvalue weighted by Crippen LogP contribution is 2.28. The number of nitrogens with zero attached hydrogens (tertiary/aromatic N) is 1. The third-order valence-electron chi connectivity index (χ3n) is 3.88. The normalized spacial score (nSPS) is 10.6. The van der Waals surface area contributed by atoms with E-state index in [1.807, 2.05) is 24.4 Å². The fourth-order valence-corrected chi connectivity index (χ4v) is 2.68. The maximum absolute atomic E-state index is 5.44. The molecule has 23 heavy (non-hydrogen) atoms. The first-order valence-corrected chi connectivity index (χ1v) is 7.55. The number of hydrogen-bond donors (Lipinski definition) is 0. The first-order chi connectivity index (χ1) is 11.4. The van der Waals surface area contributed by atoms with Crippen LogP contribution >= 0.6 is 0 Å². The molecule has 2 aromatic heterocycles. The van der Waals surface area contributed by atoms with Gasteiger partial charge in [0, 0.05) is 23.5 Å². The van der Waals surface area contributed by atoms with E-state index in [0.29, 0.717) is 0 Å². The Morgan fingerprint density at radius 1 is 0.609 bits per heavy atom. The summed E-state index contributed by atoms with van der Waals surface area (Å²) in [6, 6.07) is 24.8. The molecule has 0 spiro atoms.